The summed E-state index contributed by atoms with van der Waals surface area (Å²) in [6.07, 6.45) is 0. The molecule has 0 aliphatic rings. The van der Waals surface area contributed by atoms with Crippen LogP contribution in [-0.2, 0) is 10.0 Å². The van der Waals surface area contributed by atoms with Crippen molar-refractivity contribution in [3.63, 3.8) is 0 Å². The SMILES string of the molecule is Cl.NNc1ccc(S(=O)(=O)Nc2ccccc2C(=O)O)cc1[N+](=O)[O-]. The summed E-state index contributed by atoms with van der Waals surface area (Å²) in [5.74, 6) is 3.82. The number of nitrogens with one attached hydrogen (secondary N) is 2. The average molecular weight is 389 g/mol. The lowest BCUT2D eigenvalue weighted by Gasteiger charge is -2.11. The second-order valence-electron chi connectivity index (χ2n) is 4.54. The monoisotopic (exact) mass is 388 g/mol. The zero-order valence-corrected chi connectivity index (χ0v) is 14.0. The zero-order chi connectivity index (χ0) is 17.9. The number of benzene rings is 2. The minimum atomic E-state index is -4.24. The Hall–Kier alpha value is -2.89. The molecule has 0 saturated heterocycles. The Bertz CT molecular complexity index is 918. The molecule has 0 atom stereocenters. The van der Waals surface area contributed by atoms with Gasteiger partial charge in [0.2, 0.25) is 0 Å². The van der Waals surface area contributed by atoms with Crippen LogP contribution in [0.1, 0.15) is 10.4 Å². The van der Waals surface area contributed by atoms with E-state index in [0.29, 0.717) is 0 Å². The fourth-order valence-electron chi connectivity index (χ4n) is 1.91. The number of hydrogen-bond acceptors (Lipinski definition) is 7. The first-order chi connectivity index (χ1) is 11.3. The van der Waals surface area contributed by atoms with Gasteiger partial charge in [-0.2, -0.15) is 0 Å². The molecule has 0 unspecified atom stereocenters. The molecule has 0 aromatic heterocycles. The van der Waals surface area contributed by atoms with E-state index < -0.39 is 31.5 Å². The zero-order valence-electron chi connectivity index (χ0n) is 12.4. The molecule has 25 heavy (non-hydrogen) atoms. The molecule has 0 amide bonds. The predicted molar refractivity (Wildman–Crippen MR) is 92.4 cm³/mol. The number of hydrazine groups is 1. The van der Waals surface area contributed by atoms with Crippen molar-refractivity contribution in [1.82, 2.24) is 0 Å². The molecular formula is C13H13ClN4O6S. The van der Waals surface area contributed by atoms with Crippen molar-refractivity contribution in [2.24, 2.45) is 5.84 Å². The van der Waals surface area contributed by atoms with Crippen LogP contribution in [0.2, 0.25) is 0 Å². The molecular weight excluding hydrogens is 376 g/mol. The average Bonchev–Trinajstić information content (AvgIpc) is 2.54. The maximum atomic E-state index is 12.4. The van der Waals surface area contributed by atoms with Crippen LogP contribution in [0, 0.1) is 10.1 Å². The minimum Gasteiger partial charge on any atom is -0.478 e. The molecule has 0 aliphatic carbocycles. The molecule has 5 N–H and O–H groups in total. The lowest BCUT2D eigenvalue weighted by molar-refractivity contribution is -0.384. The topological polar surface area (TPSA) is 165 Å². The minimum absolute atomic E-state index is 0. The number of halogens is 1. The van der Waals surface area contributed by atoms with Crippen LogP contribution < -0.4 is 16.0 Å². The van der Waals surface area contributed by atoms with Gasteiger partial charge in [-0.1, -0.05) is 12.1 Å². The smallest absolute Gasteiger partial charge is 0.337 e. The van der Waals surface area contributed by atoms with Gasteiger partial charge in [0.1, 0.15) is 5.69 Å². The van der Waals surface area contributed by atoms with E-state index in [1.54, 1.807) is 0 Å². The van der Waals surface area contributed by atoms with Crippen molar-refractivity contribution >= 4 is 45.5 Å². The molecule has 12 heteroatoms. The van der Waals surface area contributed by atoms with E-state index in [2.05, 4.69) is 10.1 Å². The standard InChI is InChI=1S/C13H12N4O6S.ClH/c14-15-11-6-5-8(7-12(11)17(20)21)24(22,23)16-10-4-2-1-3-9(10)13(18)19;/h1-7,15-16H,14H2,(H,18,19);1H. The predicted octanol–water partition coefficient (Wildman–Crippen LogP) is 1.80. The summed E-state index contributed by atoms with van der Waals surface area (Å²) in [6.45, 7) is 0. The molecule has 0 fully saturated rings. The highest BCUT2D eigenvalue weighted by atomic mass is 35.5. The number of carbonyl (C=O) groups is 1. The van der Waals surface area contributed by atoms with Gasteiger partial charge in [-0.3, -0.25) is 20.7 Å². The third-order valence-corrected chi connectivity index (χ3v) is 4.40. The molecule has 10 nitrogen and oxygen atoms in total. The molecule has 2 aromatic rings. The van der Waals surface area contributed by atoms with Gasteiger partial charge >= 0.3 is 5.97 Å². The summed E-state index contributed by atoms with van der Waals surface area (Å²) in [4.78, 5) is 20.9. The fraction of sp³-hybridized carbons (Fsp3) is 0. The van der Waals surface area contributed by atoms with Gasteiger partial charge in [0.15, 0.2) is 0 Å². The van der Waals surface area contributed by atoms with E-state index in [1.165, 1.54) is 24.3 Å². The third kappa shape index (κ3) is 4.35. The van der Waals surface area contributed by atoms with Crippen LogP contribution in [-0.4, -0.2) is 24.4 Å². The highest BCUT2D eigenvalue weighted by Gasteiger charge is 2.22. The Balaban J connectivity index is 0.00000312. The number of para-hydroxylation sites is 1. The van der Waals surface area contributed by atoms with E-state index >= 15 is 0 Å². The van der Waals surface area contributed by atoms with Crippen molar-refractivity contribution < 1.29 is 23.2 Å². The Labute approximate surface area is 148 Å². The van der Waals surface area contributed by atoms with Crippen LogP contribution in [0.25, 0.3) is 0 Å². The fourth-order valence-corrected chi connectivity index (χ4v) is 3.01. The molecule has 0 spiro atoms. The molecule has 0 bridgehead atoms. The molecule has 0 radical (unpaired) electrons. The Morgan fingerprint density at radius 3 is 2.36 bits per heavy atom. The second kappa shape index (κ2) is 7.79. The van der Waals surface area contributed by atoms with Gasteiger partial charge in [-0.25, -0.2) is 13.2 Å². The summed E-state index contributed by atoms with van der Waals surface area (Å²) in [6, 6.07) is 8.45. The molecule has 2 rings (SSSR count). The van der Waals surface area contributed by atoms with Gasteiger partial charge in [0, 0.05) is 6.07 Å². The van der Waals surface area contributed by atoms with E-state index in [9.17, 15) is 23.3 Å². The molecule has 0 heterocycles. The first kappa shape index (κ1) is 20.2. The quantitative estimate of drug-likeness (QED) is 0.330. The number of carboxylic acids is 1. The number of nitrogen functional groups attached to an aromatic ring is 1. The van der Waals surface area contributed by atoms with Gasteiger partial charge in [-0.15, -0.1) is 12.4 Å². The van der Waals surface area contributed by atoms with Crippen molar-refractivity contribution in [3.05, 3.63) is 58.1 Å². The summed E-state index contributed by atoms with van der Waals surface area (Å²) < 4.78 is 26.9. The second-order valence-corrected chi connectivity index (χ2v) is 6.22. The maximum absolute atomic E-state index is 12.4. The van der Waals surface area contributed by atoms with Crippen molar-refractivity contribution in [2.45, 2.75) is 4.90 Å². The number of nitro groups is 1. The van der Waals surface area contributed by atoms with E-state index in [1.807, 2.05) is 0 Å². The Morgan fingerprint density at radius 1 is 1.16 bits per heavy atom. The number of nitrogens with zero attached hydrogens (tertiary/aromatic N) is 1. The number of nitro benzene ring substituents is 1. The van der Waals surface area contributed by atoms with Crippen molar-refractivity contribution in [1.29, 1.82) is 0 Å². The van der Waals surface area contributed by atoms with Crippen molar-refractivity contribution in [2.75, 3.05) is 10.1 Å². The maximum Gasteiger partial charge on any atom is 0.337 e. The number of anilines is 2. The van der Waals surface area contributed by atoms with Gasteiger partial charge in [-0.05, 0) is 24.3 Å². The number of nitrogens with two attached hydrogens (primary N) is 1. The Kier molecular flexibility index (Phi) is 6.28. The first-order valence-electron chi connectivity index (χ1n) is 6.36. The van der Waals surface area contributed by atoms with E-state index in [4.69, 9.17) is 10.9 Å². The molecule has 134 valence electrons. The highest BCUT2D eigenvalue weighted by Crippen LogP contribution is 2.28. The van der Waals surface area contributed by atoms with Crippen LogP contribution in [0.3, 0.4) is 0 Å². The van der Waals surface area contributed by atoms with E-state index in [0.717, 1.165) is 18.2 Å². The number of hydrogen-bond donors (Lipinski definition) is 4. The van der Waals surface area contributed by atoms with Gasteiger partial charge in [0.25, 0.3) is 15.7 Å². The van der Waals surface area contributed by atoms with Crippen LogP contribution >= 0.6 is 12.4 Å². The summed E-state index contributed by atoms with van der Waals surface area (Å²) in [5, 5.41) is 20.1. The normalized spacial score (nSPS) is 10.4. The molecule has 0 saturated carbocycles. The van der Waals surface area contributed by atoms with Crippen LogP contribution in [0.4, 0.5) is 17.1 Å². The molecule has 0 aliphatic heterocycles. The largest absolute Gasteiger partial charge is 0.478 e. The van der Waals surface area contributed by atoms with Crippen molar-refractivity contribution in [3.8, 4) is 0 Å². The van der Waals surface area contributed by atoms with Crippen LogP contribution in [0.15, 0.2) is 47.4 Å². The summed E-state index contributed by atoms with van der Waals surface area (Å²) >= 11 is 0. The number of carboxylic acid groups (broad SMARTS) is 1. The highest BCUT2D eigenvalue weighted by molar-refractivity contribution is 7.92. The lowest BCUT2D eigenvalue weighted by Crippen LogP contribution is -2.16. The lowest BCUT2D eigenvalue weighted by atomic mass is 10.2. The van der Waals surface area contributed by atoms with Crippen LogP contribution in [0.5, 0.6) is 0 Å². The molecule has 2 aromatic carbocycles. The summed E-state index contributed by atoms with van der Waals surface area (Å²) in [5.41, 5.74) is 1.08. The van der Waals surface area contributed by atoms with Gasteiger partial charge < -0.3 is 10.5 Å². The third-order valence-electron chi connectivity index (χ3n) is 3.03. The summed E-state index contributed by atoms with van der Waals surface area (Å²) in [7, 11) is -4.24. The van der Waals surface area contributed by atoms with Gasteiger partial charge in [0.05, 0.1) is 21.1 Å². The number of sulfonamides is 1. The van der Waals surface area contributed by atoms with E-state index in [-0.39, 0.29) is 29.3 Å². The number of rotatable bonds is 6. The first-order valence-corrected chi connectivity index (χ1v) is 7.85. The Morgan fingerprint density at radius 2 is 1.80 bits per heavy atom. The number of aromatic carboxylic acids is 1.